The van der Waals surface area contributed by atoms with E-state index < -0.39 is 0 Å². The smallest absolute Gasteiger partial charge is 0.306 e. The van der Waals surface area contributed by atoms with Gasteiger partial charge in [0.25, 0.3) is 0 Å². The lowest BCUT2D eigenvalue weighted by Gasteiger charge is -2.21. The van der Waals surface area contributed by atoms with Gasteiger partial charge in [-0.05, 0) is 38.5 Å². The van der Waals surface area contributed by atoms with Gasteiger partial charge in [0.2, 0.25) is 0 Å². The van der Waals surface area contributed by atoms with E-state index >= 15 is 0 Å². The Balaban J connectivity index is 1.90. The minimum atomic E-state index is 0.0300. The normalized spacial score (nSPS) is 16.7. The van der Waals surface area contributed by atoms with E-state index in [-0.39, 0.29) is 12.1 Å². The van der Waals surface area contributed by atoms with Gasteiger partial charge >= 0.3 is 5.97 Å². The first kappa shape index (κ1) is 16.0. The van der Waals surface area contributed by atoms with Crippen molar-refractivity contribution in [3.8, 4) is 0 Å². The van der Waals surface area contributed by atoms with Crippen LogP contribution in [0.25, 0.3) is 0 Å². The predicted molar refractivity (Wildman–Crippen MR) is 79.1 cm³/mol. The topological polar surface area (TPSA) is 26.3 Å². The molecule has 1 aliphatic carbocycles. The first-order chi connectivity index (χ1) is 8.83. The second kappa shape index (κ2) is 10.8. The molecule has 0 heterocycles. The van der Waals surface area contributed by atoms with Crippen molar-refractivity contribution in [1.82, 2.24) is 0 Å². The Labute approximate surface area is 120 Å². The van der Waals surface area contributed by atoms with E-state index in [1.807, 2.05) is 0 Å². The summed E-state index contributed by atoms with van der Waals surface area (Å²) >= 11 is 3.44. The number of carbonyl (C=O) groups is 1. The Morgan fingerprint density at radius 3 is 2.22 bits per heavy atom. The lowest BCUT2D eigenvalue weighted by molar-refractivity contribution is -0.150. The minimum Gasteiger partial charge on any atom is -0.462 e. The fraction of sp³-hybridized carbons (Fsp3) is 0.933. The number of carbonyl (C=O) groups excluding carboxylic acids is 1. The fourth-order valence-electron chi connectivity index (χ4n) is 2.50. The monoisotopic (exact) mass is 318 g/mol. The lowest BCUT2D eigenvalue weighted by atomic mass is 9.98. The quantitative estimate of drug-likeness (QED) is 0.340. The van der Waals surface area contributed by atoms with Gasteiger partial charge in [-0.2, -0.15) is 0 Å². The molecule has 0 aromatic carbocycles. The highest BCUT2D eigenvalue weighted by Crippen LogP contribution is 2.21. The summed E-state index contributed by atoms with van der Waals surface area (Å²) in [6.07, 6.45) is 14.1. The number of unbranched alkanes of at least 4 members (excludes halogenated alkanes) is 5. The SMILES string of the molecule is O=C(CCCCCCCCBr)OC1CCCCC1. The van der Waals surface area contributed by atoms with Crippen LogP contribution >= 0.6 is 15.9 Å². The summed E-state index contributed by atoms with van der Waals surface area (Å²) in [5, 5.41) is 1.11. The average Bonchev–Trinajstić information content (AvgIpc) is 2.39. The van der Waals surface area contributed by atoms with Gasteiger partial charge in [0.1, 0.15) is 6.10 Å². The second-order valence-electron chi connectivity index (χ2n) is 5.31. The molecule has 0 aromatic rings. The molecule has 0 bridgehead atoms. The standard InChI is InChI=1S/C15H27BrO2/c16-13-9-4-2-1-3-8-12-15(17)18-14-10-6-5-7-11-14/h14H,1-13H2. The third-order valence-electron chi connectivity index (χ3n) is 3.61. The van der Waals surface area contributed by atoms with Crippen molar-refractivity contribution in [2.75, 3.05) is 5.33 Å². The molecule has 0 aromatic heterocycles. The molecule has 1 aliphatic rings. The van der Waals surface area contributed by atoms with E-state index in [1.165, 1.54) is 51.4 Å². The number of halogens is 1. The van der Waals surface area contributed by atoms with Crippen LogP contribution in [0.15, 0.2) is 0 Å². The van der Waals surface area contributed by atoms with Crippen LogP contribution in [0.2, 0.25) is 0 Å². The Morgan fingerprint density at radius 2 is 1.56 bits per heavy atom. The zero-order valence-corrected chi connectivity index (χ0v) is 13.1. The van der Waals surface area contributed by atoms with E-state index in [9.17, 15) is 4.79 Å². The summed E-state index contributed by atoms with van der Waals surface area (Å²) in [5.74, 6) is 0.0300. The number of alkyl halides is 1. The van der Waals surface area contributed by atoms with Crippen LogP contribution in [-0.2, 0) is 9.53 Å². The third kappa shape index (κ3) is 8.12. The van der Waals surface area contributed by atoms with Crippen LogP contribution < -0.4 is 0 Å². The van der Waals surface area contributed by atoms with E-state index in [2.05, 4.69) is 15.9 Å². The molecule has 2 nitrogen and oxygen atoms in total. The van der Waals surface area contributed by atoms with Gasteiger partial charge in [-0.1, -0.05) is 48.0 Å². The fourth-order valence-corrected chi connectivity index (χ4v) is 2.90. The molecular formula is C15H27BrO2. The maximum Gasteiger partial charge on any atom is 0.306 e. The largest absolute Gasteiger partial charge is 0.462 e. The van der Waals surface area contributed by atoms with E-state index in [4.69, 9.17) is 4.74 Å². The van der Waals surface area contributed by atoms with Crippen molar-refractivity contribution in [1.29, 1.82) is 0 Å². The molecule has 0 N–H and O–H groups in total. The molecule has 0 radical (unpaired) electrons. The maximum atomic E-state index is 11.6. The number of hydrogen-bond donors (Lipinski definition) is 0. The van der Waals surface area contributed by atoms with Gasteiger partial charge < -0.3 is 4.74 Å². The molecule has 1 rings (SSSR count). The maximum absolute atomic E-state index is 11.6. The summed E-state index contributed by atoms with van der Waals surface area (Å²) in [6.45, 7) is 0. The number of esters is 1. The Bertz CT molecular complexity index is 213. The zero-order valence-electron chi connectivity index (χ0n) is 11.5. The van der Waals surface area contributed by atoms with Crippen LogP contribution in [-0.4, -0.2) is 17.4 Å². The van der Waals surface area contributed by atoms with Gasteiger partial charge in [0, 0.05) is 11.8 Å². The summed E-state index contributed by atoms with van der Waals surface area (Å²) in [6, 6.07) is 0. The number of rotatable bonds is 9. The number of ether oxygens (including phenoxy) is 1. The van der Waals surface area contributed by atoms with Crippen LogP contribution in [0.1, 0.15) is 77.0 Å². The molecular weight excluding hydrogens is 292 g/mol. The Morgan fingerprint density at radius 1 is 0.944 bits per heavy atom. The van der Waals surface area contributed by atoms with Crippen molar-refractivity contribution in [2.45, 2.75) is 83.2 Å². The molecule has 18 heavy (non-hydrogen) atoms. The summed E-state index contributed by atoms with van der Waals surface area (Å²) < 4.78 is 5.49. The first-order valence-corrected chi connectivity index (χ1v) is 8.70. The third-order valence-corrected chi connectivity index (χ3v) is 4.18. The van der Waals surface area contributed by atoms with Gasteiger partial charge in [0.15, 0.2) is 0 Å². The summed E-state index contributed by atoms with van der Waals surface area (Å²) in [7, 11) is 0. The van der Waals surface area contributed by atoms with E-state index in [0.29, 0.717) is 6.42 Å². The molecule has 0 atom stereocenters. The van der Waals surface area contributed by atoms with E-state index in [0.717, 1.165) is 24.6 Å². The van der Waals surface area contributed by atoms with Crippen molar-refractivity contribution >= 4 is 21.9 Å². The van der Waals surface area contributed by atoms with Crippen LogP contribution in [0, 0.1) is 0 Å². The zero-order chi connectivity index (χ0) is 13.1. The van der Waals surface area contributed by atoms with Crippen molar-refractivity contribution in [2.24, 2.45) is 0 Å². The molecule has 0 amide bonds. The Kier molecular flexibility index (Phi) is 9.63. The minimum absolute atomic E-state index is 0.0300. The Hall–Kier alpha value is -0.0500. The van der Waals surface area contributed by atoms with Gasteiger partial charge in [-0.3, -0.25) is 4.79 Å². The molecule has 3 heteroatoms. The highest BCUT2D eigenvalue weighted by atomic mass is 79.9. The molecule has 1 fully saturated rings. The molecule has 0 spiro atoms. The summed E-state index contributed by atoms with van der Waals surface area (Å²) in [4.78, 5) is 11.6. The first-order valence-electron chi connectivity index (χ1n) is 7.58. The molecule has 106 valence electrons. The van der Waals surface area contributed by atoms with Gasteiger partial charge in [-0.25, -0.2) is 0 Å². The molecule has 0 unspecified atom stereocenters. The van der Waals surface area contributed by atoms with Crippen LogP contribution in [0.3, 0.4) is 0 Å². The lowest BCUT2D eigenvalue weighted by Crippen LogP contribution is -2.20. The van der Waals surface area contributed by atoms with Crippen molar-refractivity contribution in [3.05, 3.63) is 0 Å². The molecule has 0 saturated heterocycles. The number of hydrogen-bond acceptors (Lipinski definition) is 2. The second-order valence-corrected chi connectivity index (χ2v) is 6.10. The van der Waals surface area contributed by atoms with Crippen molar-refractivity contribution in [3.63, 3.8) is 0 Å². The van der Waals surface area contributed by atoms with Crippen molar-refractivity contribution < 1.29 is 9.53 Å². The van der Waals surface area contributed by atoms with Gasteiger partial charge in [0.05, 0.1) is 0 Å². The van der Waals surface area contributed by atoms with Gasteiger partial charge in [-0.15, -0.1) is 0 Å². The van der Waals surface area contributed by atoms with Crippen LogP contribution in [0.5, 0.6) is 0 Å². The predicted octanol–water partition coefficient (Wildman–Crippen LogP) is 4.99. The summed E-state index contributed by atoms with van der Waals surface area (Å²) in [5.41, 5.74) is 0. The molecule has 1 saturated carbocycles. The van der Waals surface area contributed by atoms with E-state index in [1.54, 1.807) is 0 Å². The molecule has 0 aliphatic heterocycles. The van der Waals surface area contributed by atoms with Crippen LogP contribution in [0.4, 0.5) is 0 Å². The highest BCUT2D eigenvalue weighted by Gasteiger charge is 2.17. The highest BCUT2D eigenvalue weighted by molar-refractivity contribution is 9.09. The average molecular weight is 319 g/mol.